The summed E-state index contributed by atoms with van der Waals surface area (Å²) < 4.78 is 37.8. The summed E-state index contributed by atoms with van der Waals surface area (Å²) in [6.45, 7) is 5.36. The highest BCUT2D eigenvalue weighted by Crippen LogP contribution is 2.32. The maximum atomic E-state index is 12.6. The zero-order valence-corrected chi connectivity index (χ0v) is 11.1. The van der Waals surface area contributed by atoms with E-state index in [-0.39, 0.29) is 5.56 Å². The van der Waals surface area contributed by atoms with Gasteiger partial charge >= 0.3 is 6.18 Å². The highest BCUT2D eigenvalue weighted by molar-refractivity contribution is 5.85. The number of anilines is 1. The van der Waals surface area contributed by atoms with Crippen molar-refractivity contribution in [1.29, 1.82) is 0 Å². The highest BCUT2D eigenvalue weighted by atomic mass is 19.4. The molecule has 0 aliphatic rings. The topological polar surface area (TPSA) is 20.3 Å². The fourth-order valence-corrected chi connectivity index (χ4v) is 1.91. The van der Waals surface area contributed by atoms with Crippen molar-refractivity contribution in [1.82, 2.24) is 0 Å². The Kier molecular flexibility index (Phi) is 5.39. The van der Waals surface area contributed by atoms with Crippen molar-refractivity contribution < 1.29 is 18.0 Å². The molecular formula is C14H18F3NO. The lowest BCUT2D eigenvalue weighted by atomic mass is 10.1. The number of unbranched alkanes of at least 4 members (excludes halogenated alkanes) is 1. The molecule has 0 heterocycles. The molecule has 106 valence electrons. The minimum Gasteiger partial charge on any atom is -0.371 e. The van der Waals surface area contributed by atoms with Gasteiger partial charge < -0.3 is 4.90 Å². The van der Waals surface area contributed by atoms with Crippen molar-refractivity contribution in [2.24, 2.45) is 0 Å². The van der Waals surface area contributed by atoms with Crippen molar-refractivity contribution in [3.05, 3.63) is 29.3 Å². The van der Waals surface area contributed by atoms with E-state index in [0.29, 0.717) is 18.5 Å². The molecule has 1 rings (SSSR count). The van der Waals surface area contributed by atoms with E-state index in [4.69, 9.17) is 0 Å². The van der Waals surface area contributed by atoms with Crippen molar-refractivity contribution in [3.8, 4) is 0 Å². The van der Waals surface area contributed by atoms with Crippen LogP contribution in [0.1, 0.15) is 42.6 Å². The summed E-state index contributed by atoms with van der Waals surface area (Å²) in [5.41, 5.74) is -0.128. The predicted molar refractivity (Wildman–Crippen MR) is 69.6 cm³/mol. The smallest absolute Gasteiger partial charge is 0.371 e. The largest absolute Gasteiger partial charge is 0.416 e. The summed E-state index contributed by atoms with van der Waals surface area (Å²) in [5.74, 6) is 0. The minimum atomic E-state index is -4.42. The number of carbonyl (C=O) groups is 1. The second-order valence-electron chi connectivity index (χ2n) is 4.32. The molecule has 0 radical (unpaired) electrons. The third-order valence-corrected chi connectivity index (χ3v) is 2.99. The highest BCUT2D eigenvalue weighted by Gasteiger charge is 2.31. The number of rotatable bonds is 6. The molecule has 19 heavy (non-hydrogen) atoms. The minimum absolute atomic E-state index is 0.0905. The zero-order valence-electron chi connectivity index (χ0n) is 11.1. The van der Waals surface area contributed by atoms with Gasteiger partial charge in [0.15, 0.2) is 6.29 Å². The Morgan fingerprint density at radius 3 is 2.42 bits per heavy atom. The number of halogens is 3. The Morgan fingerprint density at radius 1 is 1.26 bits per heavy atom. The van der Waals surface area contributed by atoms with Crippen LogP contribution in [-0.4, -0.2) is 19.4 Å². The van der Waals surface area contributed by atoms with Gasteiger partial charge in [-0.05, 0) is 31.5 Å². The standard InChI is InChI=1S/C14H18F3NO/c1-3-5-8-18(4-2)13-7-6-12(14(15,16)17)9-11(13)10-19/h6-7,9-10H,3-5,8H2,1-2H3. The van der Waals surface area contributed by atoms with E-state index < -0.39 is 11.7 Å². The fourth-order valence-electron chi connectivity index (χ4n) is 1.91. The Hall–Kier alpha value is -1.52. The number of alkyl halides is 3. The van der Waals surface area contributed by atoms with Gasteiger partial charge in [-0.1, -0.05) is 13.3 Å². The Balaban J connectivity index is 3.10. The first kappa shape index (κ1) is 15.5. The van der Waals surface area contributed by atoms with Gasteiger partial charge in [0.2, 0.25) is 0 Å². The molecule has 0 saturated carbocycles. The molecule has 0 saturated heterocycles. The summed E-state index contributed by atoms with van der Waals surface area (Å²) in [6, 6.07) is 3.32. The van der Waals surface area contributed by atoms with Crippen LogP contribution in [0.15, 0.2) is 18.2 Å². The van der Waals surface area contributed by atoms with Crippen molar-refractivity contribution >= 4 is 12.0 Å². The molecule has 0 atom stereocenters. The van der Waals surface area contributed by atoms with E-state index in [0.717, 1.165) is 31.5 Å². The van der Waals surface area contributed by atoms with E-state index >= 15 is 0 Å². The molecular weight excluding hydrogens is 255 g/mol. The SMILES string of the molecule is CCCCN(CC)c1ccc(C(F)(F)F)cc1C=O. The lowest BCUT2D eigenvalue weighted by molar-refractivity contribution is -0.137. The summed E-state index contributed by atoms with van der Waals surface area (Å²) >= 11 is 0. The van der Waals surface area contributed by atoms with Crippen LogP contribution in [0.3, 0.4) is 0 Å². The summed E-state index contributed by atoms with van der Waals surface area (Å²) in [4.78, 5) is 12.9. The van der Waals surface area contributed by atoms with Crippen LogP contribution in [0.4, 0.5) is 18.9 Å². The zero-order chi connectivity index (χ0) is 14.5. The van der Waals surface area contributed by atoms with E-state index in [1.807, 2.05) is 18.7 Å². The lowest BCUT2D eigenvalue weighted by Gasteiger charge is -2.25. The van der Waals surface area contributed by atoms with Gasteiger partial charge in [-0.25, -0.2) is 0 Å². The number of aldehydes is 1. The molecule has 0 unspecified atom stereocenters. The van der Waals surface area contributed by atoms with Crippen LogP contribution in [0, 0.1) is 0 Å². The van der Waals surface area contributed by atoms with Gasteiger partial charge in [-0.2, -0.15) is 13.2 Å². The van der Waals surface area contributed by atoms with Gasteiger partial charge in [-0.3, -0.25) is 4.79 Å². The molecule has 0 bridgehead atoms. The van der Waals surface area contributed by atoms with E-state index in [2.05, 4.69) is 0 Å². The summed E-state index contributed by atoms with van der Waals surface area (Å²) in [6.07, 6.45) is -2.00. The first-order valence-corrected chi connectivity index (χ1v) is 6.35. The van der Waals surface area contributed by atoms with Gasteiger partial charge in [0.25, 0.3) is 0 Å². The number of nitrogens with zero attached hydrogens (tertiary/aromatic N) is 1. The second kappa shape index (κ2) is 6.59. The molecule has 0 aliphatic heterocycles. The number of hydrogen-bond acceptors (Lipinski definition) is 2. The van der Waals surface area contributed by atoms with Gasteiger partial charge in [0, 0.05) is 24.3 Å². The Bertz CT molecular complexity index is 429. The maximum Gasteiger partial charge on any atom is 0.416 e. The van der Waals surface area contributed by atoms with E-state index in [9.17, 15) is 18.0 Å². The summed E-state index contributed by atoms with van der Waals surface area (Å²) in [5, 5.41) is 0. The first-order valence-electron chi connectivity index (χ1n) is 6.35. The number of benzene rings is 1. The van der Waals surface area contributed by atoms with Crippen molar-refractivity contribution in [3.63, 3.8) is 0 Å². The molecule has 0 spiro atoms. The van der Waals surface area contributed by atoms with E-state index in [1.54, 1.807) is 0 Å². The fraction of sp³-hybridized carbons (Fsp3) is 0.500. The van der Waals surface area contributed by atoms with Crippen LogP contribution >= 0.6 is 0 Å². The quantitative estimate of drug-likeness (QED) is 0.726. The average Bonchev–Trinajstić information content (AvgIpc) is 2.38. The molecule has 0 amide bonds. The Morgan fingerprint density at radius 2 is 1.95 bits per heavy atom. The molecule has 0 aromatic heterocycles. The normalized spacial score (nSPS) is 11.4. The monoisotopic (exact) mass is 273 g/mol. The molecule has 5 heteroatoms. The lowest BCUT2D eigenvalue weighted by Crippen LogP contribution is -2.25. The molecule has 0 aliphatic carbocycles. The molecule has 0 N–H and O–H groups in total. The number of carbonyl (C=O) groups excluding carboxylic acids is 1. The van der Waals surface area contributed by atoms with Crippen LogP contribution < -0.4 is 4.90 Å². The van der Waals surface area contributed by atoms with Crippen LogP contribution in [0.2, 0.25) is 0 Å². The molecule has 1 aromatic carbocycles. The summed E-state index contributed by atoms with van der Waals surface area (Å²) in [7, 11) is 0. The third kappa shape index (κ3) is 3.98. The van der Waals surface area contributed by atoms with Crippen molar-refractivity contribution in [2.75, 3.05) is 18.0 Å². The van der Waals surface area contributed by atoms with Crippen LogP contribution in [0.5, 0.6) is 0 Å². The predicted octanol–water partition coefficient (Wildman–Crippen LogP) is 4.14. The molecule has 1 aromatic rings. The van der Waals surface area contributed by atoms with Gasteiger partial charge in [0.05, 0.1) is 5.56 Å². The van der Waals surface area contributed by atoms with Gasteiger partial charge in [-0.15, -0.1) is 0 Å². The van der Waals surface area contributed by atoms with Crippen molar-refractivity contribution in [2.45, 2.75) is 32.9 Å². The maximum absolute atomic E-state index is 12.6. The Labute approximate surface area is 111 Å². The van der Waals surface area contributed by atoms with E-state index in [1.165, 1.54) is 6.07 Å². The molecule has 2 nitrogen and oxygen atoms in total. The van der Waals surface area contributed by atoms with Gasteiger partial charge in [0.1, 0.15) is 0 Å². The third-order valence-electron chi connectivity index (χ3n) is 2.99. The number of hydrogen-bond donors (Lipinski definition) is 0. The first-order chi connectivity index (χ1) is 8.93. The van der Waals surface area contributed by atoms with Crippen LogP contribution in [-0.2, 0) is 6.18 Å². The average molecular weight is 273 g/mol. The molecule has 0 fully saturated rings. The van der Waals surface area contributed by atoms with Crippen LogP contribution in [0.25, 0.3) is 0 Å². The second-order valence-corrected chi connectivity index (χ2v) is 4.32.